The third kappa shape index (κ3) is 8.58. The molecule has 0 bridgehead atoms. The van der Waals surface area contributed by atoms with Gasteiger partial charge in [0.15, 0.2) is 5.78 Å². The van der Waals surface area contributed by atoms with E-state index in [1.807, 2.05) is 0 Å². The van der Waals surface area contributed by atoms with Crippen molar-refractivity contribution in [2.75, 3.05) is 37.8 Å². The van der Waals surface area contributed by atoms with Crippen LogP contribution < -0.4 is 0 Å². The second kappa shape index (κ2) is 14.5. The van der Waals surface area contributed by atoms with Gasteiger partial charge in [-0.2, -0.15) is 25.3 Å². The molecule has 0 radical (unpaired) electrons. The summed E-state index contributed by atoms with van der Waals surface area (Å²) in [5, 5.41) is 21.2. The second-order valence-corrected chi connectivity index (χ2v) is 8.21. The first-order chi connectivity index (χ1) is 16.4. The largest absolute Gasteiger partial charge is 0.507 e. The molecule has 0 fully saturated rings. The Kier molecular flexibility index (Phi) is 11.8. The molecule has 10 heteroatoms. The number of ether oxygens (including phenoxy) is 2. The second-order valence-electron chi connectivity index (χ2n) is 7.32. The minimum atomic E-state index is -0.392. The first kappa shape index (κ1) is 27.6. The third-order valence-corrected chi connectivity index (χ3v) is 5.34. The molecule has 0 aliphatic rings. The number of nitrogens with zero attached hydrogens (tertiary/aromatic N) is 1. The number of carbonyl (C=O) groups is 3. The normalized spacial score (nSPS) is 10.8. The van der Waals surface area contributed by atoms with Crippen molar-refractivity contribution in [3.05, 3.63) is 59.2 Å². The number of thiol groups is 2. The molecule has 184 valence electrons. The van der Waals surface area contributed by atoms with Crippen LogP contribution in [-0.2, 0) is 25.6 Å². The number of rotatable bonds is 14. The van der Waals surface area contributed by atoms with Crippen LogP contribution in [0.4, 0.5) is 0 Å². The van der Waals surface area contributed by atoms with Gasteiger partial charge in [-0.3, -0.25) is 19.3 Å². The third-order valence-electron chi connectivity index (χ3n) is 4.89. The van der Waals surface area contributed by atoms with Crippen molar-refractivity contribution in [1.82, 2.24) is 4.90 Å². The lowest BCUT2D eigenvalue weighted by molar-refractivity contribution is -0.143. The predicted octanol–water partition coefficient (Wildman–Crippen LogP) is 2.86. The van der Waals surface area contributed by atoms with Gasteiger partial charge in [0.05, 0.1) is 24.0 Å². The van der Waals surface area contributed by atoms with Crippen molar-refractivity contribution in [1.29, 1.82) is 0 Å². The maximum absolute atomic E-state index is 12.9. The highest BCUT2D eigenvalue weighted by Crippen LogP contribution is 2.33. The van der Waals surface area contributed by atoms with Crippen molar-refractivity contribution < 1.29 is 34.1 Å². The van der Waals surface area contributed by atoms with Crippen LogP contribution in [0.3, 0.4) is 0 Å². The predicted molar refractivity (Wildman–Crippen MR) is 134 cm³/mol. The average Bonchev–Trinajstić information content (AvgIpc) is 2.82. The molecule has 0 aliphatic heterocycles. The molecule has 0 saturated carbocycles. The van der Waals surface area contributed by atoms with Crippen molar-refractivity contribution >= 4 is 43.0 Å². The van der Waals surface area contributed by atoms with Gasteiger partial charge in [-0.05, 0) is 12.1 Å². The molecular formula is C24H29NO7S2. The summed E-state index contributed by atoms with van der Waals surface area (Å²) in [7, 11) is 0. The summed E-state index contributed by atoms with van der Waals surface area (Å²) in [4.78, 5) is 37.9. The highest BCUT2D eigenvalue weighted by Gasteiger charge is 2.21. The molecule has 2 aromatic carbocycles. The molecule has 8 nitrogen and oxygen atoms in total. The molecule has 0 saturated heterocycles. The molecule has 0 aliphatic carbocycles. The zero-order valence-corrected chi connectivity index (χ0v) is 20.5. The van der Waals surface area contributed by atoms with Crippen LogP contribution in [0.2, 0.25) is 0 Å². The number of phenolic OH excluding ortho intramolecular Hbond substituents is 2. The summed E-state index contributed by atoms with van der Waals surface area (Å²) in [5.41, 5.74) is 0.600. The fraction of sp³-hybridized carbons (Fsp3) is 0.375. The summed E-state index contributed by atoms with van der Waals surface area (Å²) >= 11 is 8.00. The molecule has 0 amide bonds. The Morgan fingerprint density at radius 1 is 0.824 bits per heavy atom. The summed E-state index contributed by atoms with van der Waals surface area (Å²) < 4.78 is 10.3. The Hall–Kier alpha value is -2.69. The molecule has 2 N–H and O–H groups in total. The highest BCUT2D eigenvalue weighted by atomic mass is 32.1. The van der Waals surface area contributed by atoms with Gasteiger partial charge in [-0.25, -0.2) is 0 Å². The molecule has 0 spiro atoms. The number of carbonyl (C=O) groups excluding carboxylic acids is 3. The Morgan fingerprint density at radius 2 is 1.38 bits per heavy atom. The Bertz CT molecular complexity index is 945. The first-order valence-electron chi connectivity index (χ1n) is 10.8. The zero-order chi connectivity index (χ0) is 24.9. The quantitative estimate of drug-likeness (QED) is 0.175. The molecule has 2 aromatic rings. The van der Waals surface area contributed by atoms with Gasteiger partial charge in [-0.15, -0.1) is 0 Å². The average molecular weight is 508 g/mol. The van der Waals surface area contributed by atoms with Gasteiger partial charge in [-0.1, -0.05) is 30.3 Å². The molecule has 0 atom stereocenters. The summed E-state index contributed by atoms with van der Waals surface area (Å²) in [5.74, 6) is -0.953. The van der Waals surface area contributed by atoms with Crippen LogP contribution in [0.1, 0.15) is 34.3 Å². The van der Waals surface area contributed by atoms with E-state index in [-0.39, 0.29) is 74.1 Å². The number of benzene rings is 2. The fourth-order valence-electron chi connectivity index (χ4n) is 3.11. The van der Waals surface area contributed by atoms with E-state index in [4.69, 9.17) is 9.47 Å². The van der Waals surface area contributed by atoms with Gasteiger partial charge >= 0.3 is 11.9 Å². The SMILES string of the molecule is O=C(CCS)OCCN(CCOC(=O)CCS)Cc1c(O)ccc(C(=O)c2ccccc2)c1O. The van der Waals surface area contributed by atoms with E-state index in [2.05, 4.69) is 25.3 Å². The van der Waals surface area contributed by atoms with Crippen LogP contribution >= 0.6 is 25.3 Å². The maximum Gasteiger partial charge on any atom is 0.306 e. The Balaban J connectivity index is 2.17. The standard InChI is InChI=1S/C24H29NO7S2/c26-20-7-6-18(23(29)17-4-2-1-3-5-17)24(30)19(20)16-25(10-12-31-21(27)8-14-33)11-13-32-22(28)9-15-34/h1-7,26,30,33-34H,8-16H2. The van der Waals surface area contributed by atoms with Crippen LogP contribution in [0, 0.1) is 0 Å². The van der Waals surface area contributed by atoms with Gasteiger partial charge in [0.25, 0.3) is 0 Å². The van der Waals surface area contributed by atoms with E-state index in [1.54, 1.807) is 35.2 Å². The minimum absolute atomic E-state index is 0.0296. The van der Waals surface area contributed by atoms with Crippen molar-refractivity contribution in [2.24, 2.45) is 0 Å². The Morgan fingerprint density at radius 3 is 1.91 bits per heavy atom. The fourth-order valence-corrected chi connectivity index (χ4v) is 3.47. The first-order valence-corrected chi connectivity index (χ1v) is 12.0. The molecule has 0 aromatic heterocycles. The molecule has 2 rings (SSSR count). The number of phenols is 2. The number of aromatic hydroxyl groups is 2. The van der Waals surface area contributed by atoms with Crippen LogP contribution in [0.25, 0.3) is 0 Å². The monoisotopic (exact) mass is 507 g/mol. The maximum atomic E-state index is 12.9. The van der Waals surface area contributed by atoms with E-state index in [0.717, 1.165) is 0 Å². The van der Waals surface area contributed by atoms with E-state index < -0.39 is 11.9 Å². The number of hydrogen-bond donors (Lipinski definition) is 4. The number of esters is 2. The Labute approximate surface area is 209 Å². The number of hydrogen-bond acceptors (Lipinski definition) is 10. The lowest BCUT2D eigenvalue weighted by Gasteiger charge is -2.23. The van der Waals surface area contributed by atoms with E-state index in [1.165, 1.54) is 12.1 Å². The smallest absolute Gasteiger partial charge is 0.306 e. The summed E-state index contributed by atoms with van der Waals surface area (Å²) in [6.07, 6.45) is 0.353. The van der Waals surface area contributed by atoms with Crippen LogP contribution in [-0.4, -0.2) is 70.6 Å². The van der Waals surface area contributed by atoms with E-state index in [0.29, 0.717) is 17.1 Å². The van der Waals surface area contributed by atoms with Gasteiger partial charge in [0.2, 0.25) is 0 Å². The van der Waals surface area contributed by atoms with Crippen molar-refractivity contribution in [3.8, 4) is 11.5 Å². The van der Waals surface area contributed by atoms with E-state index in [9.17, 15) is 24.6 Å². The summed E-state index contributed by atoms with van der Waals surface area (Å²) in [6, 6.07) is 11.2. The topological polar surface area (TPSA) is 113 Å². The molecule has 0 unspecified atom stereocenters. The molecular weight excluding hydrogens is 478 g/mol. The van der Waals surface area contributed by atoms with Crippen molar-refractivity contribution in [2.45, 2.75) is 19.4 Å². The minimum Gasteiger partial charge on any atom is -0.507 e. The lowest BCUT2D eigenvalue weighted by Crippen LogP contribution is -2.32. The molecule has 0 heterocycles. The summed E-state index contributed by atoms with van der Waals surface area (Å²) in [6.45, 7) is 0.640. The van der Waals surface area contributed by atoms with Crippen LogP contribution in [0.5, 0.6) is 11.5 Å². The lowest BCUT2D eigenvalue weighted by atomic mass is 9.99. The van der Waals surface area contributed by atoms with Gasteiger partial charge in [0.1, 0.15) is 24.7 Å². The van der Waals surface area contributed by atoms with Gasteiger partial charge in [0, 0.05) is 36.7 Å². The van der Waals surface area contributed by atoms with Gasteiger partial charge < -0.3 is 19.7 Å². The van der Waals surface area contributed by atoms with E-state index >= 15 is 0 Å². The number of ketones is 1. The van der Waals surface area contributed by atoms with Crippen LogP contribution in [0.15, 0.2) is 42.5 Å². The van der Waals surface area contributed by atoms with Crippen molar-refractivity contribution in [3.63, 3.8) is 0 Å². The molecule has 34 heavy (non-hydrogen) atoms. The highest BCUT2D eigenvalue weighted by molar-refractivity contribution is 7.80. The zero-order valence-electron chi connectivity index (χ0n) is 18.7.